The SMILES string of the molecule is COc1cccc(-c2nccc(C3CCCN3C(=O)CN3CCC(=O)CC3)n2)c1. The van der Waals surface area contributed by atoms with Crippen LogP contribution in [0.1, 0.15) is 37.4 Å². The highest BCUT2D eigenvalue weighted by Gasteiger charge is 2.32. The molecule has 152 valence electrons. The van der Waals surface area contributed by atoms with Gasteiger partial charge in [0, 0.05) is 44.2 Å². The van der Waals surface area contributed by atoms with E-state index < -0.39 is 0 Å². The summed E-state index contributed by atoms with van der Waals surface area (Å²) in [7, 11) is 1.64. The van der Waals surface area contributed by atoms with Crippen LogP contribution in [0.4, 0.5) is 0 Å². The first-order chi connectivity index (χ1) is 14.1. The van der Waals surface area contributed by atoms with Crippen LogP contribution in [0.25, 0.3) is 11.4 Å². The number of piperidine rings is 1. The Morgan fingerprint density at radius 3 is 2.83 bits per heavy atom. The minimum Gasteiger partial charge on any atom is -0.497 e. The number of likely N-dealkylation sites (tertiary alicyclic amines) is 2. The smallest absolute Gasteiger partial charge is 0.237 e. The molecule has 0 saturated carbocycles. The Labute approximate surface area is 170 Å². The summed E-state index contributed by atoms with van der Waals surface area (Å²) in [6, 6.07) is 9.55. The van der Waals surface area contributed by atoms with E-state index in [1.165, 1.54) is 0 Å². The Morgan fingerprint density at radius 1 is 1.21 bits per heavy atom. The van der Waals surface area contributed by atoms with Crippen molar-refractivity contribution in [2.45, 2.75) is 31.7 Å². The largest absolute Gasteiger partial charge is 0.497 e. The zero-order valence-corrected chi connectivity index (χ0v) is 16.7. The molecule has 7 nitrogen and oxygen atoms in total. The number of hydrogen-bond acceptors (Lipinski definition) is 6. The second kappa shape index (κ2) is 8.69. The van der Waals surface area contributed by atoms with Gasteiger partial charge in [0.15, 0.2) is 5.82 Å². The van der Waals surface area contributed by atoms with Crippen LogP contribution in [-0.2, 0) is 9.59 Å². The molecule has 0 bridgehead atoms. The van der Waals surface area contributed by atoms with Crippen LogP contribution in [0, 0.1) is 0 Å². The summed E-state index contributed by atoms with van der Waals surface area (Å²) in [6.45, 7) is 2.47. The molecule has 1 amide bonds. The Bertz CT molecular complexity index is 891. The Kier molecular flexibility index (Phi) is 5.85. The van der Waals surface area contributed by atoms with Crippen molar-refractivity contribution in [2.75, 3.05) is 33.3 Å². The molecule has 2 aromatic rings. The van der Waals surface area contributed by atoms with Crippen LogP contribution in [0.5, 0.6) is 5.75 Å². The van der Waals surface area contributed by atoms with E-state index in [9.17, 15) is 9.59 Å². The summed E-state index contributed by atoms with van der Waals surface area (Å²) in [4.78, 5) is 37.6. The number of benzene rings is 1. The van der Waals surface area contributed by atoms with Crippen LogP contribution in [0.3, 0.4) is 0 Å². The molecule has 4 rings (SSSR count). The second-order valence-corrected chi connectivity index (χ2v) is 7.60. The zero-order valence-electron chi connectivity index (χ0n) is 16.7. The summed E-state index contributed by atoms with van der Waals surface area (Å²) in [6.07, 6.45) is 4.72. The van der Waals surface area contributed by atoms with Crippen molar-refractivity contribution in [3.8, 4) is 17.1 Å². The number of ketones is 1. The third kappa shape index (κ3) is 4.45. The number of hydrogen-bond donors (Lipinski definition) is 0. The van der Waals surface area contributed by atoms with Crippen LogP contribution in [0.2, 0.25) is 0 Å². The van der Waals surface area contributed by atoms with Gasteiger partial charge in [-0.25, -0.2) is 9.97 Å². The normalized spacial score (nSPS) is 20.1. The fourth-order valence-corrected chi connectivity index (χ4v) is 4.07. The molecule has 3 heterocycles. The number of carbonyl (C=O) groups excluding carboxylic acids is 2. The maximum atomic E-state index is 13.0. The van der Waals surface area contributed by atoms with Crippen molar-refractivity contribution in [3.05, 3.63) is 42.2 Å². The van der Waals surface area contributed by atoms with Crippen molar-refractivity contribution >= 4 is 11.7 Å². The summed E-state index contributed by atoms with van der Waals surface area (Å²) in [5.41, 5.74) is 1.76. The monoisotopic (exact) mass is 394 g/mol. The molecule has 0 spiro atoms. The van der Waals surface area contributed by atoms with Gasteiger partial charge in [-0.1, -0.05) is 12.1 Å². The molecule has 2 saturated heterocycles. The van der Waals surface area contributed by atoms with Gasteiger partial charge in [0.1, 0.15) is 11.5 Å². The lowest BCUT2D eigenvalue weighted by Gasteiger charge is -2.30. The molecule has 0 radical (unpaired) electrons. The summed E-state index contributed by atoms with van der Waals surface area (Å²) < 4.78 is 5.30. The first-order valence-corrected chi connectivity index (χ1v) is 10.1. The minimum absolute atomic E-state index is 0.0266. The fraction of sp³-hybridized carbons (Fsp3) is 0.455. The average molecular weight is 394 g/mol. The number of ether oxygens (including phenoxy) is 1. The lowest BCUT2D eigenvalue weighted by molar-refractivity contribution is -0.135. The molecular formula is C22H26N4O3. The molecule has 0 N–H and O–H groups in total. The van der Waals surface area contributed by atoms with E-state index in [0.717, 1.165) is 36.4 Å². The molecule has 0 aliphatic carbocycles. The quantitative estimate of drug-likeness (QED) is 0.776. The molecule has 1 unspecified atom stereocenters. The van der Waals surface area contributed by atoms with Gasteiger partial charge in [-0.2, -0.15) is 0 Å². The van der Waals surface area contributed by atoms with Gasteiger partial charge >= 0.3 is 0 Å². The van der Waals surface area contributed by atoms with E-state index in [1.54, 1.807) is 13.3 Å². The Balaban J connectivity index is 1.49. The van der Waals surface area contributed by atoms with Gasteiger partial charge in [0.25, 0.3) is 0 Å². The molecule has 1 atom stereocenters. The summed E-state index contributed by atoms with van der Waals surface area (Å²) in [5, 5.41) is 0. The maximum Gasteiger partial charge on any atom is 0.237 e. The number of methoxy groups -OCH3 is 1. The van der Waals surface area contributed by atoms with E-state index in [1.807, 2.05) is 35.2 Å². The highest BCUT2D eigenvalue weighted by molar-refractivity contribution is 5.81. The fourth-order valence-electron chi connectivity index (χ4n) is 4.07. The van der Waals surface area contributed by atoms with Gasteiger partial charge in [0.2, 0.25) is 5.91 Å². The highest BCUT2D eigenvalue weighted by atomic mass is 16.5. The molecular weight excluding hydrogens is 368 g/mol. The molecule has 1 aromatic heterocycles. The Morgan fingerprint density at radius 2 is 2.03 bits per heavy atom. The van der Waals surface area contributed by atoms with Crippen molar-refractivity contribution in [1.29, 1.82) is 0 Å². The third-order valence-electron chi connectivity index (χ3n) is 5.69. The predicted octanol–water partition coefficient (Wildman–Crippen LogP) is 2.48. The number of Topliss-reactive ketones (excluding diaryl/α,β-unsaturated/α-hetero) is 1. The van der Waals surface area contributed by atoms with E-state index >= 15 is 0 Å². The third-order valence-corrected chi connectivity index (χ3v) is 5.69. The van der Waals surface area contributed by atoms with Crippen LogP contribution in [-0.4, -0.2) is 64.7 Å². The number of rotatable bonds is 5. The van der Waals surface area contributed by atoms with E-state index in [0.29, 0.717) is 44.1 Å². The van der Waals surface area contributed by atoms with Gasteiger partial charge < -0.3 is 9.64 Å². The van der Waals surface area contributed by atoms with E-state index in [-0.39, 0.29) is 11.9 Å². The van der Waals surface area contributed by atoms with Gasteiger partial charge in [0.05, 0.1) is 25.4 Å². The zero-order chi connectivity index (χ0) is 20.2. The number of carbonyl (C=O) groups is 2. The lowest BCUT2D eigenvalue weighted by atomic mass is 10.1. The van der Waals surface area contributed by atoms with Gasteiger partial charge in [-0.05, 0) is 31.0 Å². The van der Waals surface area contributed by atoms with Crippen molar-refractivity contribution < 1.29 is 14.3 Å². The van der Waals surface area contributed by atoms with E-state index in [2.05, 4.69) is 9.88 Å². The van der Waals surface area contributed by atoms with Crippen molar-refractivity contribution in [2.24, 2.45) is 0 Å². The molecule has 2 aliphatic heterocycles. The van der Waals surface area contributed by atoms with Crippen molar-refractivity contribution in [1.82, 2.24) is 19.8 Å². The van der Waals surface area contributed by atoms with Crippen LogP contribution < -0.4 is 4.74 Å². The molecule has 2 fully saturated rings. The van der Waals surface area contributed by atoms with Crippen LogP contribution in [0.15, 0.2) is 36.5 Å². The first kappa shape index (κ1) is 19.5. The molecule has 2 aliphatic rings. The molecule has 1 aromatic carbocycles. The second-order valence-electron chi connectivity index (χ2n) is 7.60. The number of amides is 1. The molecule has 7 heteroatoms. The summed E-state index contributed by atoms with van der Waals surface area (Å²) >= 11 is 0. The van der Waals surface area contributed by atoms with Gasteiger partial charge in [-0.3, -0.25) is 14.5 Å². The maximum absolute atomic E-state index is 13.0. The topological polar surface area (TPSA) is 75.6 Å². The van der Waals surface area contributed by atoms with Crippen molar-refractivity contribution in [3.63, 3.8) is 0 Å². The highest BCUT2D eigenvalue weighted by Crippen LogP contribution is 2.32. The predicted molar refractivity (Wildman–Crippen MR) is 108 cm³/mol. The minimum atomic E-state index is -0.0266. The first-order valence-electron chi connectivity index (χ1n) is 10.1. The average Bonchev–Trinajstić information content (AvgIpc) is 3.26. The van der Waals surface area contributed by atoms with Crippen LogP contribution >= 0.6 is 0 Å². The standard InChI is InChI=1S/C22H26N4O3/c1-29-18-5-2-4-16(14-18)22-23-10-7-19(24-22)20-6-3-11-26(20)21(28)15-25-12-8-17(27)9-13-25/h2,4-5,7,10,14,20H,3,6,8-9,11-13,15H2,1H3. The Hall–Kier alpha value is -2.80. The number of aromatic nitrogens is 2. The molecule has 29 heavy (non-hydrogen) atoms. The number of nitrogens with zero attached hydrogens (tertiary/aromatic N) is 4. The lowest BCUT2D eigenvalue weighted by Crippen LogP contribution is -2.43. The summed E-state index contributed by atoms with van der Waals surface area (Å²) in [5.74, 6) is 1.80. The van der Waals surface area contributed by atoms with E-state index in [4.69, 9.17) is 9.72 Å². The van der Waals surface area contributed by atoms with Gasteiger partial charge in [-0.15, -0.1) is 0 Å².